The van der Waals surface area contributed by atoms with Gasteiger partial charge in [0.05, 0.1) is 5.56 Å². The molecule has 0 saturated carbocycles. The summed E-state index contributed by atoms with van der Waals surface area (Å²) in [6.07, 6.45) is 2.38. The fraction of sp³-hybridized carbons (Fsp3) is 0.278. The summed E-state index contributed by atoms with van der Waals surface area (Å²) >= 11 is 0. The van der Waals surface area contributed by atoms with Gasteiger partial charge >= 0.3 is 0 Å². The first kappa shape index (κ1) is 16.0. The Morgan fingerprint density at radius 2 is 2.08 bits per heavy atom. The predicted molar refractivity (Wildman–Crippen MR) is 92.2 cm³/mol. The molecule has 0 spiro atoms. The Labute approximate surface area is 140 Å². The molecule has 0 fully saturated rings. The van der Waals surface area contributed by atoms with Gasteiger partial charge in [-0.3, -0.25) is 9.59 Å². The average molecular weight is 324 g/mol. The van der Waals surface area contributed by atoms with Crippen molar-refractivity contribution in [2.24, 2.45) is 0 Å². The number of carbonyl (C=O) groups is 2. The molecular formula is C18H20N4O2. The summed E-state index contributed by atoms with van der Waals surface area (Å²) in [6.45, 7) is 1.60. The lowest BCUT2D eigenvalue weighted by Gasteiger charge is -2.28. The van der Waals surface area contributed by atoms with Gasteiger partial charge in [0.1, 0.15) is 5.82 Å². The van der Waals surface area contributed by atoms with Gasteiger partial charge in [-0.25, -0.2) is 4.98 Å². The summed E-state index contributed by atoms with van der Waals surface area (Å²) in [5.41, 5.74) is 2.37. The maximum absolute atomic E-state index is 12.4. The van der Waals surface area contributed by atoms with Crippen LogP contribution in [-0.2, 0) is 6.42 Å². The fourth-order valence-electron chi connectivity index (χ4n) is 2.77. The molecule has 6 heteroatoms. The van der Waals surface area contributed by atoms with E-state index in [-0.39, 0.29) is 11.8 Å². The van der Waals surface area contributed by atoms with E-state index < -0.39 is 0 Å². The normalized spacial score (nSPS) is 13.4. The third-order valence-electron chi connectivity index (χ3n) is 4.14. The average Bonchev–Trinajstić information content (AvgIpc) is 2.64. The molecule has 24 heavy (non-hydrogen) atoms. The van der Waals surface area contributed by atoms with Crippen LogP contribution in [0, 0.1) is 0 Å². The van der Waals surface area contributed by atoms with Gasteiger partial charge in [0, 0.05) is 38.4 Å². The van der Waals surface area contributed by atoms with Crippen LogP contribution < -0.4 is 10.6 Å². The molecule has 1 aromatic heterocycles. The van der Waals surface area contributed by atoms with Gasteiger partial charge < -0.3 is 15.5 Å². The topological polar surface area (TPSA) is 74.3 Å². The monoisotopic (exact) mass is 324 g/mol. The molecule has 1 aliphatic rings. The number of aromatic nitrogens is 1. The van der Waals surface area contributed by atoms with Gasteiger partial charge in [-0.2, -0.15) is 0 Å². The maximum Gasteiger partial charge on any atom is 0.254 e. The molecule has 2 aromatic rings. The number of anilines is 1. The standard InChI is InChI=1S/C18H20N4O2/c1-19-16-7-6-14(12-21-16)17(23)20-9-11-22-10-8-13-4-2-3-5-15(13)18(22)24/h2-7,12H,8-11H2,1H3,(H,19,21)(H,20,23). The molecular weight excluding hydrogens is 304 g/mol. The first-order valence-electron chi connectivity index (χ1n) is 7.98. The van der Waals surface area contributed by atoms with Crippen LogP contribution in [0.15, 0.2) is 42.6 Å². The van der Waals surface area contributed by atoms with Gasteiger partial charge in [0.25, 0.3) is 11.8 Å². The highest BCUT2D eigenvalue weighted by Gasteiger charge is 2.23. The number of carbonyl (C=O) groups excluding carboxylic acids is 2. The lowest BCUT2D eigenvalue weighted by atomic mass is 9.99. The summed E-state index contributed by atoms with van der Waals surface area (Å²) in [7, 11) is 1.77. The zero-order valence-corrected chi connectivity index (χ0v) is 13.6. The fourth-order valence-corrected chi connectivity index (χ4v) is 2.77. The van der Waals surface area contributed by atoms with Crippen LogP contribution in [0.3, 0.4) is 0 Å². The number of fused-ring (bicyclic) bond motifs is 1. The number of hydrogen-bond acceptors (Lipinski definition) is 4. The van der Waals surface area contributed by atoms with Crippen molar-refractivity contribution in [3.63, 3.8) is 0 Å². The minimum absolute atomic E-state index is 0.0335. The summed E-state index contributed by atoms with van der Waals surface area (Å²) in [4.78, 5) is 30.4. The molecule has 0 radical (unpaired) electrons. The molecule has 0 bridgehead atoms. The highest BCUT2D eigenvalue weighted by molar-refractivity contribution is 5.97. The summed E-state index contributed by atoms with van der Waals surface area (Å²) < 4.78 is 0. The highest BCUT2D eigenvalue weighted by atomic mass is 16.2. The van der Waals surface area contributed by atoms with Crippen molar-refractivity contribution in [3.05, 3.63) is 59.3 Å². The van der Waals surface area contributed by atoms with Crippen LogP contribution in [0.25, 0.3) is 0 Å². The van der Waals surface area contributed by atoms with Crippen molar-refractivity contribution in [2.75, 3.05) is 32.0 Å². The van der Waals surface area contributed by atoms with E-state index in [1.54, 1.807) is 24.1 Å². The molecule has 2 amide bonds. The Kier molecular flexibility index (Phi) is 4.74. The second kappa shape index (κ2) is 7.12. The largest absolute Gasteiger partial charge is 0.373 e. The smallest absolute Gasteiger partial charge is 0.254 e. The zero-order valence-electron chi connectivity index (χ0n) is 13.6. The Bertz CT molecular complexity index is 743. The summed E-state index contributed by atoms with van der Waals surface area (Å²) in [6, 6.07) is 11.2. The number of rotatable bonds is 5. The third-order valence-corrected chi connectivity index (χ3v) is 4.14. The predicted octanol–water partition coefficient (Wildman–Crippen LogP) is 1.55. The zero-order chi connectivity index (χ0) is 16.9. The van der Waals surface area contributed by atoms with E-state index >= 15 is 0 Å². The lowest BCUT2D eigenvalue weighted by Crippen LogP contribution is -2.42. The SMILES string of the molecule is CNc1ccc(C(=O)NCCN2CCc3ccccc3C2=O)cn1. The van der Waals surface area contributed by atoms with Crippen LogP contribution in [0.5, 0.6) is 0 Å². The molecule has 6 nitrogen and oxygen atoms in total. The van der Waals surface area contributed by atoms with Crippen LogP contribution >= 0.6 is 0 Å². The van der Waals surface area contributed by atoms with Gasteiger partial charge in [-0.1, -0.05) is 18.2 Å². The first-order chi connectivity index (χ1) is 11.7. The van der Waals surface area contributed by atoms with Crippen LogP contribution in [0.2, 0.25) is 0 Å². The lowest BCUT2D eigenvalue weighted by molar-refractivity contribution is 0.0733. The Morgan fingerprint density at radius 3 is 2.83 bits per heavy atom. The van der Waals surface area contributed by atoms with Crippen molar-refractivity contribution >= 4 is 17.6 Å². The van der Waals surface area contributed by atoms with E-state index in [2.05, 4.69) is 15.6 Å². The Hall–Kier alpha value is -2.89. The Balaban J connectivity index is 1.53. The van der Waals surface area contributed by atoms with Crippen molar-refractivity contribution in [1.29, 1.82) is 0 Å². The number of benzene rings is 1. The van der Waals surface area contributed by atoms with E-state index in [0.717, 1.165) is 17.5 Å². The molecule has 0 atom stereocenters. The second-order valence-corrected chi connectivity index (χ2v) is 5.64. The van der Waals surface area contributed by atoms with Crippen molar-refractivity contribution < 1.29 is 9.59 Å². The van der Waals surface area contributed by atoms with Gasteiger partial charge in [-0.15, -0.1) is 0 Å². The third kappa shape index (κ3) is 3.37. The highest BCUT2D eigenvalue weighted by Crippen LogP contribution is 2.18. The van der Waals surface area contributed by atoms with Crippen molar-refractivity contribution in [1.82, 2.24) is 15.2 Å². The summed E-state index contributed by atoms with van der Waals surface area (Å²) in [5, 5.41) is 5.74. The van der Waals surface area contributed by atoms with E-state index in [9.17, 15) is 9.59 Å². The quantitative estimate of drug-likeness (QED) is 0.875. The number of pyridine rings is 1. The molecule has 2 heterocycles. The van der Waals surface area contributed by atoms with E-state index in [0.29, 0.717) is 31.0 Å². The molecule has 1 aliphatic heterocycles. The number of nitrogens with one attached hydrogen (secondary N) is 2. The van der Waals surface area contributed by atoms with E-state index in [4.69, 9.17) is 0 Å². The number of nitrogens with zero attached hydrogens (tertiary/aromatic N) is 2. The first-order valence-corrected chi connectivity index (χ1v) is 7.98. The minimum Gasteiger partial charge on any atom is -0.373 e. The molecule has 2 N–H and O–H groups in total. The number of amides is 2. The van der Waals surface area contributed by atoms with E-state index in [1.165, 1.54) is 6.20 Å². The van der Waals surface area contributed by atoms with Gasteiger partial charge in [0.2, 0.25) is 0 Å². The van der Waals surface area contributed by atoms with E-state index in [1.807, 2.05) is 24.3 Å². The molecule has 124 valence electrons. The molecule has 3 rings (SSSR count). The molecule has 0 unspecified atom stereocenters. The Morgan fingerprint density at radius 1 is 1.25 bits per heavy atom. The van der Waals surface area contributed by atoms with Crippen LogP contribution in [0.1, 0.15) is 26.3 Å². The summed E-state index contributed by atoms with van der Waals surface area (Å²) in [5.74, 6) is 0.560. The van der Waals surface area contributed by atoms with Crippen LogP contribution in [0.4, 0.5) is 5.82 Å². The van der Waals surface area contributed by atoms with Crippen molar-refractivity contribution in [2.45, 2.75) is 6.42 Å². The molecule has 1 aromatic carbocycles. The van der Waals surface area contributed by atoms with Crippen LogP contribution in [-0.4, -0.2) is 48.4 Å². The maximum atomic E-state index is 12.4. The van der Waals surface area contributed by atoms with Crippen molar-refractivity contribution in [3.8, 4) is 0 Å². The van der Waals surface area contributed by atoms with Gasteiger partial charge in [0.15, 0.2) is 0 Å². The minimum atomic E-state index is -0.185. The number of hydrogen-bond donors (Lipinski definition) is 2. The van der Waals surface area contributed by atoms with Gasteiger partial charge in [-0.05, 0) is 30.2 Å². The second-order valence-electron chi connectivity index (χ2n) is 5.64. The molecule has 0 saturated heterocycles. The molecule has 0 aliphatic carbocycles.